The SMILES string of the molecule is c1ccc(-c2nc3cc4c(cc3s2)c2cc(-c3ccc5[nH]c6ccccc6c5c3)ccc2n4-c2ccccc2)cc1. The second-order valence-electron chi connectivity index (χ2n) is 10.6. The maximum atomic E-state index is 5.05. The Morgan fingerprint density at radius 1 is 0.512 bits per heavy atom. The van der Waals surface area contributed by atoms with Crippen LogP contribution in [0.1, 0.15) is 0 Å². The molecular weight excluding hydrogens is 518 g/mol. The maximum absolute atomic E-state index is 5.05. The predicted octanol–water partition coefficient (Wildman–Crippen LogP) is 10.4. The van der Waals surface area contributed by atoms with Crippen LogP contribution in [0.2, 0.25) is 0 Å². The number of fused-ring (bicyclic) bond motifs is 7. The van der Waals surface area contributed by atoms with Crippen LogP contribution >= 0.6 is 11.3 Å². The van der Waals surface area contributed by atoms with Crippen molar-refractivity contribution in [3.05, 3.63) is 133 Å². The number of hydrogen-bond donors (Lipinski definition) is 1. The van der Waals surface area contributed by atoms with Crippen LogP contribution in [-0.4, -0.2) is 14.5 Å². The van der Waals surface area contributed by atoms with Gasteiger partial charge in [0.1, 0.15) is 5.01 Å². The molecule has 1 N–H and O–H groups in total. The van der Waals surface area contributed by atoms with Crippen LogP contribution in [0.3, 0.4) is 0 Å². The number of benzene rings is 6. The summed E-state index contributed by atoms with van der Waals surface area (Å²) in [5.41, 5.74) is 10.5. The molecule has 0 atom stereocenters. The van der Waals surface area contributed by atoms with Crippen molar-refractivity contribution in [1.29, 1.82) is 0 Å². The number of para-hydroxylation sites is 2. The monoisotopic (exact) mass is 541 g/mol. The largest absolute Gasteiger partial charge is 0.355 e. The zero-order valence-corrected chi connectivity index (χ0v) is 22.8. The molecule has 4 heteroatoms. The van der Waals surface area contributed by atoms with E-state index in [9.17, 15) is 0 Å². The quantitative estimate of drug-likeness (QED) is 0.237. The van der Waals surface area contributed by atoms with E-state index < -0.39 is 0 Å². The number of thiazole rings is 1. The summed E-state index contributed by atoms with van der Waals surface area (Å²) >= 11 is 1.76. The van der Waals surface area contributed by atoms with Gasteiger partial charge in [-0.2, -0.15) is 0 Å². The standard InChI is InChI=1S/C37H23N3S/c1-3-9-23(10-4-1)37-39-33-22-35-30(21-36(33)41-37)29-20-25(16-18-34(29)40(35)26-11-5-2-6-12-26)24-15-17-32-28(19-24)27-13-7-8-14-31(27)38-32/h1-22,38H. The van der Waals surface area contributed by atoms with Crippen LogP contribution < -0.4 is 0 Å². The van der Waals surface area contributed by atoms with Gasteiger partial charge in [0.15, 0.2) is 0 Å². The lowest BCUT2D eigenvalue weighted by molar-refractivity contribution is 1.18. The van der Waals surface area contributed by atoms with Gasteiger partial charge in [-0.25, -0.2) is 4.98 Å². The first-order valence-corrected chi connectivity index (χ1v) is 14.6. The van der Waals surface area contributed by atoms with Crippen molar-refractivity contribution in [3.8, 4) is 27.4 Å². The highest BCUT2D eigenvalue weighted by atomic mass is 32.1. The first-order chi connectivity index (χ1) is 20.3. The number of hydrogen-bond acceptors (Lipinski definition) is 2. The number of aromatic nitrogens is 3. The van der Waals surface area contributed by atoms with Crippen molar-refractivity contribution < 1.29 is 0 Å². The van der Waals surface area contributed by atoms with Gasteiger partial charge in [0.05, 0.1) is 21.3 Å². The Morgan fingerprint density at radius 3 is 2.05 bits per heavy atom. The molecule has 3 heterocycles. The smallest absolute Gasteiger partial charge is 0.124 e. The van der Waals surface area contributed by atoms with Crippen LogP contribution in [0.25, 0.3) is 81.2 Å². The minimum absolute atomic E-state index is 1.03. The lowest BCUT2D eigenvalue weighted by Crippen LogP contribution is -1.93. The number of H-pyrrole nitrogens is 1. The third-order valence-corrected chi connectivity index (χ3v) is 9.22. The molecule has 3 aromatic heterocycles. The van der Waals surface area contributed by atoms with Gasteiger partial charge in [-0.15, -0.1) is 11.3 Å². The van der Waals surface area contributed by atoms with E-state index in [1.165, 1.54) is 59.4 Å². The first kappa shape index (κ1) is 22.6. The lowest BCUT2D eigenvalue weighted by Gasteiger charge is -2.08. The van der Waals surface area contributed by atoms with Gasteiger partial charge in [0.25, 0.3) is 0 Å². The fourth-order valence-corrected chi connectivity index (χ4v) is 7.20. The molecular formula is C37H23N3S. The van der Waals surface area contributed by atoms with Gasteiger partial charge in [-0.3, -0.25) is 0 Å². The highest BCUT2D eigenvalue weighted by molar-refractivity contribution is 7.21. The molecule has 9 aromatic rings. The molecule has 0 unspecified atom stereocenters. The van der Waals surface area contributed by atoms with Crippen molar-refractivity contribution in [2.75, 3.05) is 0 Å². The summed E-state index contributed by atoms with van der Waals surface area (Å²) < 4.78 is 3.58. The summed E-state index contributed by atoms with van der Waals surface area (Å²) in [6.07, 6.45) is 0. The summed E-state index contributed by atoms with van der Waals surface area (Å²) in [5, 5.41) is 6.06. The number of nitrogens with one attached hydrogen (secondary N) is 1. The molecule has 6 aromatic carbocycles. The van der Waals surface area contributed by atoms with E-state index in [1.54, 1.807) is 11.3 Å². The molecule has 0 aliphatic rings. The number of rotatable bonds is 3. The van der Waals surface area contributed by atoms with Crippen molar-refractivity contribution in [1.82, 2.24) is 14.5 Å². The molecule has 0 aliphatic carbocycles. The molecule has 41 heavy (non-hydrogen) atoms. The normalized spacial score (nSPS) is 11.9. The van der Waals surface area contributed by atoms with E-state index in [4.69, 9.17) is 4.98 Å². The molecule has 0 spiro atoms. The zero-order valence-electron chi connectivity index (χ0n) is 22.0. The summed E-state index contributed by atoms with van der Waals surface area (Å²) in [4.78, 5) is 8.61. The summed E-state index contributed by atoms with van der Waals surface area (Å²) in [7, 11) is 0. The average molecular weight is 542 g/mol. The minimum atomic E-state index is 1.03. The molecule has 0 saturated carbocycles. The van der Waals surface area contributed by atoms with Crippen LogP contribution in [0, 0.1) is 0 Å². The van der Waals surface area contributed by atoms with Crippen molar-refractivity contribution in [2.24, 2.45) is 0 Å². The topological polar surface area (TPSA) is 33.6 Å². The van der Waals surface area contributed by atoms with Crippen LogP contribution in [0.4, 0.5) is 0 Å². The lowest BCUT2D eigenvalue weighted by atomic mass is 10.0. The van der Waals surface area contributed by atoms with E-state index in [0.29, 0.717) is 0 Å². The molecule has 9 rings (SSSR count). The average Bonchev–Trinajstić information content (AvgIpc) is 3.71. The van der Waals surface area contributed by atoms with Gasteiger partial charge in [-0.05, 0) is 65.7 Å². The van der Waals surface area contributed by atoms with E-state index in [1.807, 2.05) is 6.07 Å². The first-order valence-electron chi connectivity index (χ1n) is 13.8. The van der Waals surface area contributed by atoms with Gasteiger partial charge in [0, 0.05) is 43.8 Å². The fraction of sp³-hybridized carbons (Fsp3) is 0. The van der Waals surface area contributed by atoms with E-state index in [-0.39, 0.29) is 0 Å². The Bertz CT molecular complexity index is 2410. The van der Waals surface area contributed by atoms with Gasteiger partial charge >= 0.3 is 0 Å². The molecule has 0 saturated heterocycles. The number of nitrogens with zero attached hydrogens (tertiary/aromatic N) is 2. The van der Waals surface area contributed by atoms with Crippen molar-refractivity contribution in [2.45, 2.75) is 0 Å². The summed E-state index contributed by atoms with van der Waals surface area (Å²) in [6.45, 7) is 0. The highest BCUT2D eigenvalue weighted by Gasteiger charge is 2.17. The highest BCUT2D eigenvalue weighted by Crippen LogP contribution is 2.40. The Kier molecular flexibility index (Phi) is 4.77. The number of aromatic amines is 1. The minimum Gasteiger partial charge on any atom is -0.355 e. The van der Waals surface area contributed by atoms with Crippen LogP contribution in [0.5, 0.6) is 0 Å². The Morgan fingerprint density at radius 2 is 1.20 bits per heavy atom. The van der Waals surface area contributed by atoms with Crippen LogP contribution in [0.15, 0.2) is 133 Å². The Balaban J connectivity index is 1.30. The van der Waals surface area contributed by atoms with Crippen LogP contribution in [-0.2, 0) is 0 Å². The zero-order chi connectivity index (χ0) is 26.9. The fourth-order valence-electron chi connectivity index (χ4n) is 6.21. The van der Waals surface area contributed by atoms with Crippen molar-refractivity contribution in [3.63, 3.8) is 0 Å². The molecule has 3 nitrogen and oxygen atoms in total. The van der Waals surface area contributed by atoms with Gasteiger partial charge in [0.2, 0.25) is 0 Å². The van der Waals surface area contributed by atoms with E-state index in [2.05, 4.69) is 137 Å². The third-order valence-electron chi connectivity index (χ3n) is 8.15. The Hall–Kier alpha value is -5.19. The summed E-state index contributed by atoms with van der Waals surface area (Å²) in [5.74, 6) is 0. The molecule has 0 fully saturated rings. The molecule has 0 radical (unpaired) electrons. The second kappa shape index (κ2) is 8.65. The molecule has 0 aliphatic heterocycles. The summed E-state index contributed by atoms with van der Waals surface area (Å²) in [6, 6.07) is 47.9. The molecule has 192 valence electrons. The molecule has 0 bridgehead atoms. The van der Waals surface area contributed by atoms with Gasteiger partial charge in [-0.1, -0.05) is 78.9 Å². The third kappa shape index (κ3) is 3.48. The van der Waals surface area contributed by atoms with E-state index in [0.717, 1.165) is 21.8 Å². The Labute approximate surface area is 239 Å². The predicted molar refractivity (Wildman–Crippen MR) is 174 cm³/mol. The second-order valence-corrected chi connectivity index (χ2v) is 11.6. The van der Waals surface area contributed by atoms with Gasteiger partial charge < -0.3 is 9.55 Å². The molecule has 0 amide bonds. The van der Waals surface area contributed by atoms with E-state index >= 15 is 0 Å². The van der Waals surface area contributed by atoms with Crippen molar-refractivity contribution >= 4 is 65.2 Å². The maximum Gasteiger partial charge on any atom is 0.124 e.